The second-order valence-electron chi connectivity index (χ2n) is 7.80. The Kier molecular flexibility index (Phi) is 5.82. The fourth-order valence-corrected chi connectivity index (χ4v) is 4.70. The molecule has 0 amide bonds. The minimum absolute atomic E-state index is 1.06. The van der Waals surface area contributed by atoms with E-state index < -0.39 is 0 Å². The molecule has 0 aliphatic carbocycles. The van der Waals surface area contributed by atoms with Gasteiger partial charge in [-0.2, -0.15) is 0 Å². The molecule has 2 aromatic carbocycles. The average Bonchev–Trinajstić information content (AvgIpc) is 2.59. The van der Waals surface area contributed by atoms with E-state index in [1.807, 2.05) is 0 Å². The standard InChI is InChI=1S/C25H36/c1-11-22-14(3)18(7)24(19(8)15(22)4)13-25-20(9)16(5)23(12-2)17(6)21(25)10/h11-13H2,1-10H3. The van der Waals surface area contributed by atoms with Crippen LogP contribution in [-0.4, -0.2) is 0 Å². The van der Waals surface area contributed by atoms with Crippen molar-refractivity contribution in [2.75, 3.05) is 0 Å². The summed E-state index contributed by atoms with van der Waals surface area (Å²) in [4.78, 5) is 0. The molecule has 0 saturated carbocycles. The molecular weight excluding hydrogens is 300 g/mol. The van der Waals surface area contributed by atoms with Crippen LogP contribution in [0.25, 0.3) is 0 Å². The second kappa shape index (κ2) is 7.36. The highest BCUT2D eigenvalue weighted by Crippen LogP contribution is 2.33. The van der Waals surface area contributed by atoms with E-state index >= 15 is 0 Å². The van der Waals surface area contributed by atoms with Crippen molar-refractivity contribution in [2.45, 2.75) is 88.5 Å². The summed E-state index contributed by atoms with van der Waals surface area (Å²) >= 11 is 0. The van der Waals surface area contributed by atoms with E-state index in [1.54, 1.807) is 22.3 Å². The Balaban J connectivity index is 2.70. The van der Waals surface area contributed by atoms with Crippen LogP contribution in [0.2, 0.25) is 0 Å². The lowest BCUT2D eigenvalue weighted by Gasteiger charge is -2.24. The molecule has 0 bridgehead atoms. The molecule has 0 fully saturated rings. The molecule has 2 aromatic rings. The molecule has 25 heavy (non-hydrogen) atoms. The molecule has 136 valence electrons. The average molecular weight is 337 g/mol. The topological polar surface area (TPSA) is 0 Å². The van der Waals surface area contributed by atoms with E-state index in [0.717, 1.165) is 19.3 Å². The van der Waals surface area contributed by atoms with E-state index in [0.29, 0.717) is 0 Å². The summed E-state index contributed by atoms with van der Waals surface area (Å²) in [5.74, 6) is 0. The van der Waals surface area contributed by atoms with Crippen LogP contribution in [0, 0.1) is 55.4 Å². The van der Waals surface area contributed by atoms with Gasteiger partial charge in [-0.1, -0.05) is 13.8 Å². The summed E-state index contributed by atoms with van der Waals surface area (Å²) in [6, 6.07) is 0. The summed E-state index contributed by atoms with van der Waals surface area (Å²) < 4.78 is 0. The van der Waals surface area contributed by atoms with E-state index in [9.17, 15) is 0 Å². The lowest BCUT2D eigenvalue weighted by atomic mass is 9.81. The van der Waals surface area contributed by atoms with Crippen LogP contribution in [0.15, 0.2) is 0 Å². The first-order valence-electron chi connectivity index (χ1n) is 9.83. The van der Waals surface area contributed by atoms with Gasteiger partial charge in [-0.3, -0.25) is 0 Å². The van der Waals surface area contributed by atoms with Crippen LogP contribution in [-0.2, 0) is 19.3 Å². The monoisotopic (exact) mass is 336 g/mol. The Bertz CT molecular complexity index is 691. The molecule has 0 radical (unpaired) electrons. The maximum atomic E-state index is 2.32. The van der Waals surface area contributed by atoms with Crippen LogP contribution in [0.3, 0.4) is 0 Å². The molecule has 0 atom stereocenters. The molecule has 0 heterocycles. The fourth-order valence-electron chi connectivity index (χ4n) is 4.70. The maximum absolute atomic E-state index is 2.32. The third-order valence-corrected chi connectivity index (χ3v) is 6.93. The molecule has 0 aromatic heterocycles. The molecule has 0 heteroatoms. The van der Waals surface area contributed by atoms with Gasteiger partial charge < -0.3 is 0 Å². The Labute approximate surface area is 155 Å². The summed E-state index contributed by atoms with van der Waals surface area (Å²) in [5, 5.41) is 0. The van der Waals surface area contributed by atoms with Crippen molar-refractivity contribution in [1.29, 1.82) is 0 Å². The molecular formula is C25H36. The van der Waals surface area contributed by atoms with Crippen molar-refractivity contribution < 1.29 is 0 Å². The molecule has 0 nitrogen and oxygen atoms in total. The molecule has 0 spiro atoms. The zero-order valence-electron chi connectivity index (χ0n) is 18.1. The van der Waals surface area contributed by atoms with Gasteiger partial charge in [0.05, 0.1) is 0 Å². The maximum Gasteiger partial charge on any atom is -0.00149 e. The van der Waals surface area contributed by atoms with E-state index in [4.69, 9.17) is 0 Å². The van der Waals surface area contributed by atoms with Gasteiger partial charge in [0.25, 0.3) is 0 Å². The Morgan fingerprint density at radius 1 is 0.360 bits per heavy atom. The van der Waals surface area contributed by atoms with Crippen molar-refractivity contribution in [3.8, 4) is 0 Å². The molecule has 0 unspecified atom stereocenters. The van der Waals surface area contributed by atoms with Gasteiger partial charge in [0.15, 0.2) is 0 Å². The van der Waals surface area contributed by atoms with Gasteiger partial charge in [-0.25, -0.2) is 0 Å². The van der Waals surface area contributed by atoms with Crippen LogP contribution in [0.5, 0.6) is 0 Å². The van der Waals surface area contributed by atoms with E-state index in [-0.39, 0.29) is 0 Å². The number of hydrogen-bond donors (Lipinski definition) is 0. The minimum Gasteiger partial charge on any atom is -0.0613 e. The summed E-state index contributed by atoms with van der Waals surface area (Å²) in [5.41, 5.74) is 18.1. The van der Waals surface area contributed by atoms with Crippen molar-refractivity contribution in [1.82, 2.24) is 0 Å². The number of rotatable bonds is 4. The quantitative estimate of drug-likeness (QED) is 0.571. The Hall–Kier alpha value is -1.56. The highest BCUT2D eigenvalue weighted by atomic mass is 14.2. The molecule has 2 rings (SSSR count). The predicted octanol–water partition coefficient (Wildman–Crippen LogP) is 6.87. The van der Waals surface area contributed by atoms with Crippen LogP contribution < -0.4 is 0 Å². The van der Waals surface area contributed by atoms with E-state index in [1.165, 1.54) is 44.5 Å². The van der Waals surface area contributed by atoms with Gasteiger partial charge in [0, 0.05) is 0 Å². The first-order valence-corrected chi connectivity index (χ1v) is 9.83. The number of hydrogen-bond acceptors (Lipinski definition) is 0. The SMILES string of the molecule is CCc1c(C)c(C)c(Cc2c(C)c(C)c(CC)c(C)c2C)c(C)c1C. The largest absolute Gasteiger partial charge is 0.0613 e. The van der Waals surface area contributed by atoms with Gasteiger partial charge in [0.2, 0.25) is 0 Å². The first-order chi connectivity index (χ1) is 11.7. The van der Waals surface area contributed by atoms with Gasteiger partial charge in [0.1, 0.15) is 0 Å². The van der Waals surface area contributed by atoms with Gasteiger partial charge >= 0.3 is 0 Å². The van der Waals surface area contributed by atoms with Crippen molar-refractivity contribution in [3.05, 3.63) is 66.8 Å². The van der Waals surface area contributed by atoms with Crippen molar-refractivity contribution in [2.24, 2.45) is 0 Å². The second-order valence-corrected chi connectivity index (χ2v) is 7.80. The Morgan fingerprint density at radius 3 is 0.760 bits per heavy atom. The predicted molar refractivity (Wildman–Crippen MR) is 112 cm³/mol. The third kappa shape index (κ3) is 3.16. The number of benzene rings is 2. The van der Waals surface area contributed by atoms with Crippen LogP contribution >= 0.6 is 0 Å². The lowest BCUT2D eigenvalue weighted by Crippen LogP contribution is -2.09. The molecule has 0 aliphatic heterocycles. The smallest absolute Gasteiger partial charge is 0.00149 e. The van der Waals surface area contributed by atoms with Crippen molar-refractivity contribution >= 4 is 0 Å². The van der Waals surface area contributed by atoms with Crippen molar-refractivity contribution in [3.63, 3.8) is 0 Å². The third-order valence-electron chi connectivity index (χ3n) is 6.93. The zero-order valence-corrected chi connectivity index (χ0v) is 18.1. The van der Waals surface area contributed by atoms with Crippen LogP contribution in [0.1, 0.15) is 80.6 Å². The van der Waals surface area contributed by atoms with Crippen LogP contribution in [0.4, 0.5) is 0 Å². The van der Waals surface area contributed by atoms with Gasteiger partial charge in [-0.15, -0.1) is 0 Å². The zero-order chi connectivity index (χ0) is 19.0. The van der Waals surface area contributed by atoms with Gasteiger partial charge in [-0.05, 0) is 141 Å². The summed E-state index contributed by atoms with van der Waals surface area (Å²) in [6.07, 6.45) is 3.31. The fraction of sp³-hybridized carbons (Fsp3) is 0.520. The highest BCUT2D eigenvalue weighted by Gasteiger charge is 2.18. The minimum atomic E-state index is 1.06. The molecule has 0 saturated heterocycles. The molecule has 0 N–H and O–H groups in total. The molecule has 0 aliphatic rings. The normalized spacial score (nSPS) is 11.3. The summed E-state index contributed by atoms with van der Waals surface area (Å²) in [6.45, 7) is 23.1. The lowest BCUT2D eigenvalue weighted by molar-refractivity contribution is 0.978. The van der Waals surface area contributed by atoms with E-state index in [2.05, 4.69) is 69.2 Å². The Morgan fingerprint density at radius 2 is 0.560 bits per heavy atom. The highest BCUT2D eigenvalue weighted by molar-refractivity contribution is 5.56. The summed E-state index contributed by atoms with van der Waals surface area (Å²) in [7, 11) is 0. The first kappa shape index (κ1) is 19.8.